The Morgan fingerprint density at radius 2 is 1.76 bits per heavy atom. The van der Waals surface area contributed by atoms with Crippen LogP contribution in [0.1, 0.15) is 22.0 Å². The number of fused-ring (bicyclic) bond motifs is 1. The molecule has 0 bridgehead atoms. The monoisotopic (exact) mass is 368 g/mol. The van der Waals surface area contributed by atoms with Crippen LogP contribution < -0.4 is 9.47 Å². The standard InChI is InChI=1S/C15H12O9S/c16-7-8-1-4-12-13(5-8)22-14(15(23-12)24-25(19,20)21)9-2-3-10(17)11(18)6-9/h1-7,14-15,17-18H,(H,19,20,21). The Balaban J connectivity index is 2.04. The SMILES string of the molecule is O=Cc1ccc2c(c1)OC(c1ccc(O)c(O)c1)C(OS(=O)(=O)O)O2. The Morgan fingerprint density at radius 3 is 2.40 bits per heavy atom. The van der Waals surface area contributed by atoms with Gasteiger partial charge < -0.3 is 19.7 Å². The van der Waals surface area contributed by atoms with Gasteiger partial charge in [-0.25, -0.2) is 4.18 Å². The Bertz CT molecular complexity index is 923. The van der Waals surface area contributed by atoms with Gasteiger partial charge in [0.05, 0.1) is 0 Å². The van der Waals surface area contributed by atoms with Crippen LogP contribution in [0, 0.1) is 0 Å². The summed E-state index contributed by atoms with van der Waals surface area (Å²) < 4.78 is 46.6. The highest BCUT2D eigenvalue weighted by atomic mass is 32.3. The number of aromatic hydroxyl groups is 2. The minimum absolute atomic E-state index is 0.0958. The van der Waals surface area contributed by atoms with Crippen LogP contribution in [0.5, 0.6) is 23.0 Å². The van der Waals surface area contributed by atoms with E-state index < -0.39 is 34.3 Å². The molecule has 1 aliphatic heterocycles. The number of hydrogen-bond acceptors (Lipinski definition) is 8. The van der Waals surface area contributed by atoms with E-state index in [1.165, 1.54) is 24.3 Å². The van der Waals surface area contributed by atoms with E-state index in [9.17, 15) is 23.4 Å². The van der Waals surface area contributed by atoms with Crippen LogP contribution in [-0.2, 0) is 14.6 Å². The van der Waals surface area contributed by atoms with Gasteiger partial charge in [-0.2, -0.15) is 8.42 Å². The normalized spacial score (nSPS) is 19.4. The molecule has 0 aliphatic carbocycles. The summed E-state index contributed by atoms with van der Waals surface area (Å²) in [6, 6.07) is 7.81. The molecule has 0 saturated carbocycles. The molecule has 0 aromatic heterocycles. The van der Waals surface area contributed by atoms with Crippen molar-refractivity contribution in [1.29, 1.82) is 0 Å². The second-order valence-electron chi connectivity index (χ2n) is 5.12. The molecule has 0 spiro atoms. The third-order valence-electron chi connectivity index (χ3n) is 3.39. The van der Waals surface area contributed by atoms with Gasteiger partial charge in [-0.15, -0.1) is 0 Å². The number of rotatable bonds is 4. The largest absolute Gasteiger partial charge is 0.504 e. The van der Waals surface area contributed by atoms with Crippen molar-refractivity contribution in [3.05, 3.63) is 47.5 Å². The van der Waals surface area contributed by atoms with E-state index in [0.717, 1.165) is 12.1 Å². The van der Waals surface area contributed by atoms with Crippen LogP contribution in [-0.4, -0.2) is 35.8 Å². The number of carbonyl (C=O) groups is 1. The summed E-state index contributed by atoms with van der Waals surface area (Å²) in [5, 5.41) is 19.0. The molecular weight excluding hydrogens is 356 g/mol. The molecule has 0 fully saturated rings. The Morgan fingerprint density at radius 1 is 1.00 bits per heavy atom. The lowest BCUT2D eigenvalue weighted by Crippen LogP contribution is -2.37. The fourth-order valence-electron chi connectivity index (χ4n) is 2.30. The molecule has 1 aliphatic rings. The minimum Gasteiger partial charge on any atom is -0.504 e. The first-order chi connectivity index (χ1) is 11.8. The number of phenols is 2. The van der Waals surface area contributed by atoms with Crippen molar-refractivity contribution in [2.24, 2.45) is 0 Å². The highest BCUT2D eigenvalue weighted by Crippen LogP contribution is 2.42. The van der Waals surface area contributed by atoms with Gasteiger partial charge in [-0.05, 0) is 30.3 Å². The highest BCUT2D eigenvalue weighted by molar-refractivity contribution is 7.80. The maximum Gasteiger partial charge on any atom is 0.400 e. The topological polar surface area (TPSA) is 140 Å². The number of benzene rings is 2. The zero-order chi connectivity index (χ0) is 18.2. The molecule has 25 heavy (non-hydrogen) atoms. The molecule has 0 amide bonds. The van der Waals surface area contributed by atoms with Crippen LogP contribution in [0.4, 0.5) is 0 Å². The molecular formula is C15H12O9S. The number of phenolic OH excluding ortho intramolecular Hbond substituents is 2. The van der Waals surface area contributed by atoms with Gasteiger partial charge in [-0.3, -0.25) is 9.35 Å². The summed E-state index contributed by atoms with van der Waals surface area (Å²) in [7, 11) is -4.87. The van der Waals surface area contributed by atoms with Gasteiger partial charge in [0.2, 0.25) is 0 Å². The van der Waals surface area contributed by atoms with Crippen molar-refractivity contribution in [3.8, 4) is 23.0 Å². The lowest BCUT2D eigenvalue weighted by Gasteiger charge is -2.32. The van der Waals surface area contributed by atoms with Crippen molar-refractivity contribution in [2.45, 2.75) is 12.4 Å². The molecule has 0 radical (unpaired) electrons. The molecule has 2 aromatic rings. The predicted octanol–water partition coefficient (Wildman–Crippen LogP) is 1.57. The molecule has 2 atom stereocenters. The first kappa shape index (κ1) is 17.0. The zero-order valence-corrected chi connectivity index (χ0v) is 13.2. The molecule has 132 valence electrons. The number of carbonyl (C=O) groups excluding carboxylic acids is 1. The van der Waals surface area contributed by atoms with Gasteiger partial charge in [0.15, 0.2) is 29.1 Å². The summed E-state index contributed by atoms with van der Waals surface area (Å²) in [5.41, 5.74) is 0.495. The second-order valence-corrected chi connectivity index (χ2v) is 6.17. The maximum atomic E-state index is 11.1. The van der Waals surface area contributed by atoms with Crippen LogP contribution in [0.25, 0.3) is 0 Å². The maximum absolute atomic E-state index is 11.1. The molecule has 10 heteroatoms. The third kappa shape index (κ3) is 3.65. The second kappa shape index (κ2) is 6.24. The van der Waals surface area contributed by atoms with E-state index in [1.54, 1.807) is 0 Å². The molecule has 0 saturated heterocycles. The minimum atomic E-state index is -4.87. The molecule has 2 aromatic carbocycles. The number of aldehydes is 1. The average molecular weight is 368 g/mol. The van der Waals surface area contributed by atoms with Gasteiger partial charge in [0, 0.05) is 11.1 Å². The molecule has 3 rings (SSSR count). The van der Waals surface area contributed by atoms with Crippen molar-refractivity contribution in [2.75, 3.05) is 0 Å². The van der Waals surface area contributed by atoms with Crippen molar-refractivity contribution in [1.82, 2.24) is 0 Å². The Labute approximate surface area is 142 Å². The van der Waals surface area contributed by atoms with E-state index in [4.69, 9.17) is 14.0 Å². The van der Waals surface area contributed by atoms with E-state index in [2.05, 4.69) is 4.18 Å². The van der Waals surface area contributed by atoms with Crippen molar-refractivity contribution >= 4 is 16.7 Å². The molecule has 2 unspecified atom stereocenters. The van der Waals surface area contributed by atoms with Gasteiger partial charge in [-0.1, -0.05) is 6.07 Å². The van der Waals surface area contributed by atoms with Crippen molar-refractivity contribution in [3.63, 3.8) is 0 Å². The van der Waals surface area contributed by atoms with E-state index in [-0.39, 0.29) is 17.1 Å². The smallest absolute Gasteiger partial charge is 0.400 e. The fraction of sp³-hybridized carbons (Fsp3) is 0.133. The number of hydrogen-bond donors (Lipinski definition) is 3. The van der Waals surface area contributed by atoms with E-state index >= 15 is 0 Å². The number of ether oxygens (including phenoxy) is 2. The highest BCUT2D eigenvalue weighted by Gasteiger charge is 2.37. The van der Waals surface area contributed by atoms with Gasteiger partial charge in [0.25, 0.3) is 6.29 Å². The van der Waals surface area contributed by atoms with E-state index in [1.807, 2.05) is 0 Å². The quantitative estimate of drug-likeness (QED) is 0.417. The predicted molar refractivity (Wildman–Crippen MR) is 82.0 cm³/mol. The molecule has 9 nitrogen and oxygen atoms in total. The Kier molecular flexibility index (Phi) is 4.25. The molecule has 1 heterocycles. The lowest BCUT2D eigenvalue weighted by molar-refractivity contribution is -0.0990. The van der Waals surface area contributed by atoms with Gasteiger partial charge >= 0.3 is 10.4 Å². The zero-order valence-electron chi connectivity index (χ0n) is 12.4. The average Bonchev–Trinajstić information content (AvgIpc) is 2.55. The van der Waals surface area contributed by atoms with Crippen LogP contribution in [0.2, 0.25) is 0 Å². The van der Waals surface area contributed by atoms with E-state index in [0.29, 0.717) is 11.8 Å². The summed E-state index contributed by atoms with van der Waals surface area (Å²) in [6.45, 7) is 0. The fourth-order valence-corrected chi connectivity index (χ4v) is 2.68. The van der Waals surface area contributed by atoms with Crippen LogP contribution >= 0.6 is 0 Å². The Hall–Kier alpha value is -2.82. The summed E-state index contributed by atoms with van der Waals surface area (Å²) in [4.78, 5) is 10.9. The molecule has 3 N–H and O–H groups in total. The van der Waals surface area contributed by atoms with Crippen molar-refractivity contribution < 1.29 is 41.6 Å². The lowest BCUT2D eigenvalue weighted by atomic mass is 10.1. The first-order valence-electron chi connectivity index (χ1n) is 6.87. The van der Waals surface area contributed by atoms with Crippen LogP contribution in [0.15, 0.2) is 36.4 Å². The summed E-state index contributed by atoms with van der Waals surface area (Å²) in [5.74, 6) is -0.633. The summed E-state index contributed by atoms with van der Waals surface area (Å²) in [6.07, 6.45) is -2.23. The first-order valence-corrected chi connectivity index (χ1v) is 8.23. The van der Waals surface area contributed by atoms with Crippen LogP contribution in [0.3, 0.4) is 0 Å². The van der Waals surface area contributed by atoms with Gasteiger partial charge in [0.1, 0.15) is 6.29 Å². The summed E-state index contributed by atoms with van der Waals surface area (Å²) >= 11 is 0. The third-order valence-corrected chi connectivity index (χ3v) is 3.83.